The molecule has 3 N–H and O–H groups in total. The van der Waals surface area contributed by atoms with Gasteiger partial charge >= 0.3 is 0 Å². The van der Waals surface area contributed by atoms with Crippen molar-refractivity contribution in [2.75, 3.05) is 20.7 Å². The van der Waals surface area contributed by atoms with Gasteiger partial charge in [0.15, 0.2) is 17.6 Å². The first-order valence-electron chi connectivity index (χ1n) is 8.63. The monoisotopic (exact) mass is 329 g/mol. The molecular weight excluding hydrogens is 306 g/mol. The Balaban J connectivity index is 1.85. The maximum atomic E-state index is 11.9. The summed E-state index contributed by atoms with van der Waals surface area (Å²) in [5, 5.41) is 15.9. The van der Waals surface area contributed by atoms with Crippen LogP contribution in [-0.2, 0) is 11.8 Å². The highest BCUT2D eigenvalue weighted by atomic mass is 16.5. The minimum absolute atomic E-state index is 0.100. The predicted octanol–water partition coefficient (Wildman–Crippen LogP) is 0.794. The average molecular weight is 329 g/mol. The fraction of sp³-hybridized carbons (Fsp3) is 0.611. The summed E-state index contributed by atoms with van der Waals surface area (Å²) < 4.78 is 11.9. The number of hydrazone groups is 1. The zero-order chi connectivity index (χ0) is 16.7. The highest BCUT2D eigenvalue weighted by molar-refractivity contribution is 5.94. The van der Waals surface area contributed by atoms with Crippen LogP contribution in [0, 0.1) is 0 Å². The third-order valence-corrected chi connectivity index (χ3v) is 6.92. The summed E-state index contributed by atoms with van der Waals surface area (Å²) in [5.74, 6) is 7.20. The summed E-state index contributed by atoms with van der Waals surface area (Å²) >= 11 is 0. The second-order valence-electron chi connectivity index (χ2n) is 7.60. The number of aliphatic hydroxyl groups is 1. The third-order valence-electron chi connectivity index (χ3n) is 6.92. The van der Waals surface area contributed by atoms with E-state index in [1.54, 1.807) is 7.11 Å². The number of hydrogen-bond donors (Lipinski definition) is 2. The summed E-state index contributed by atoms with van der Waals surface area (Å²) in [4.78, 5) is 2.30. The van der Waals surface area contributed by atoms with Crippen molar-refractivity contribution in [1.82, 2.24) is 4.90 Å². The van der Waals surface area contributed by atoms with Crippen LogP contribution in [0.1, 0.15) is 30.4 Å². The quantitative estimate of drug-likeness (QED) is 0.588. The molecule has 2 bridgehead atoms. The van der Waals surface area contributed by atoms with Crippen LogP contribution in [0.2, 0.25) is 0 Å². The zero-order valence-corrected chi connectivity index (χ0v) is 14.1. The summed E-state index contributed by atoms with van der Waals surface area (Å²) in [6.45, 7) is 0.931. The van der Waals surface area contributed by atoms with E-state index in [-0.39, 0.29) is 12.1 Å². The Morgan fingerprint density at radius 3 is 3.00 bits per heavy atom. The Morgan fingerprint density at radius 2 is 2.25 bits per heavy atom. The molecule has 1 unspecified atom stereocenters. The van der Waals surface area contributed by atoms with Gasteiger partial charge in [-0.15, -0.1) is 0 Å². The standard InChI is InChI=1S/C18H23N3O3/c1-21-8-7-17-14-10-3-4-12(23-2)15(14)24-16(17)11(20-19)5-6-18(17,22)13(21)9-10/h3-4,13,16,22H,5-9,19H2,1-2H3/b20-11+/t13-,16?,17+,18-/m1/s1. The Hall–Kier alpha value is -1.79. The van der Waals surface area contributed by atoms with Gasteiger partial charge in [-0.25, -0.2) is 0 Å². The summed E-state index contributed by atoms with van der Waals surface area (Å²) in [6, 6.07) is 4.20. The molecule has 1 spiro atoms. The molecular formula is C18H23N3O3. The summed E-state index contributed by atoms with van der Waals surface area (Å²) in [6.07, 6.45) is 2.74. The number of nitrogens with zero attached hydrogens (tertiary/aromatic N) is 2. The van der Waals surface area contributed by atoms with Crippen molar-refractivity contribution in [2.45, 2.75) is 48.8 Å². The predicted molar refractivity (Wildman–Crippen MR) is 89.6 cm³/mol. The normalized spacial score (nSPS) is 41.0. The molecule has 4 aliphatic rings. The molecule has 0 amide bonds. The lowest BCUT2D eigenvalue weighted by Crippen LogP contribution is -2.76. The van der Waals surface area contributed by atoms with Gasteiger partial charge in [-0.3, -0.25) is 0 Å². The lowest BCUT2D eigenvalue weighted by atomic mass is 9.49. The first kappa shape index (κ1) is 14.5. The second-order valence-corrected chi connectivity index (χ2v) is 7.60. The number of piperidine rings is 1. The Morgan fingerprint density at radius 1 is 1.42 bits per heavy atom. The number of likely N-dealkylation sites (N-methyl/N-ethyl adjacent to an activating group) is 1. The van der Waals surface area contributed by atoms with E-state index < -0.39 is 11.0 Å². The van der Waals surface area contributed by atoms with E-state index in [2.05, 4.69) is 23.1 Å². The van der Waals surface area contributed by atoms with Gasteiger partial charge < -0.3 is 25.3 Å². The first-order chi connectivity index (χ1) is 11.6. The average Bonchev–Trinajstić information content (AvgIpc) is 2.93. The van der Waals surface area contributed by atoms with Crippen LogP contribution < -0.4 is 15.3 Å². The number of likely N-dealkylation sites (tertiary alicyclic amines) is 1. The molecule has 2 aliphatic carbocycles. The summed E-state index contributed by atoms with van der Waals surface area (Å²) in [7, 11) is 3.77. The molecule has 0 aromatic heterocycles. The van der Waals surface area contributed by atoms with Crippen LogP contribution in [0.3, 0.4) is 0 Å². The molecule has 1 aromatic rings. The number of ether oxygens (including phenoxy) is 2. The Kier molecular flexibility index (Phi) is 2.69. The first-order valence-corrected chi connectivity index (χ1v) is 8.63. The van der Waals surface area contributed by atoms with Gasteiger partial charge in [-0.05, 0) is 50.9 Å². The Labute approximate surface area is 141 Å². The van der Waals surface area contributed by atoms with Gasteiger partial charge in [0.2, 0.25) is 0 Å². The van der Waals surface area contributed by atoms with Gasteiger partial charge in [0.1, 0.15) is 0 Å². The molecule has 6 heteroatoms. The summed E-state index contributed by atoms with van der Waals surface area (Å²) in [5.41, 5.74) is 1.98. The fourth-order valence-corrected chi connectivity index (χ4v) is 5.83. The Bertz CT molecular complexity index is 764. The molecule has 2 fully saturated rings. The number of rotatable bonds is 1. The van der Waals surface area contributed by atoms with E-state index in [4.69, 9.17) is 15.3 Å². The van der Waals surface area contributed by atoms with Crippen molar-refractivity contribution in [1.29, 1.82) is 0 Å². The van der Waals surface area contributed by atoms with E-state index in [9.17, 15) is 5.11 Å². The minimum Gasteiger partial charge on any atom is -0.493 e. The van der Waals surface area contributed by atoms with E-state index in [0.717, 1.165) is 42.2 Å². The van der Waals surface area contributed by atoms with Crippen molar-refractivity contribution >= 4 is 5.71 Å². The topological polar surface area (TPSA) is 80.3 Å². The SMILES string of the molecule is COc1ccc2c3c1OC1/C(=N/N)CC[C@@]4(O)[C@@H](C2)N(C)CC[C@]314. The molecule has 2 aliphatic heterocycles. The van der Waals surface area contributed by atoms with E-state index >= 15 is 0 Å². The van der Waals surface area contributed by atoms with Crippen molar-refractivity contribution in [3.05, 3.63) is 23.3 Å². The highest BCUT2D eigenvalue weighted by Gasteiger charge is 2.72. The van der Waals surface area contributed by atoms with Gasteiger partial charge in [-0.2, -0.15) is 5.10 Å². The largest absolute Gasteiger partial charge is 0.493 e. The smallest absolute Gasteiger partial charge is 0.166 e. The van der Waals surface area contributed by atoms with Crippen LogP contribution in [-0.4, -0.2) is 54.2 Å². The molecule has 128 valence electrons. The molecule has 1 aromatic carbocycles. The zero-order valence-electron chi connectivity index (χ0n) is 14.1. The molecule has 0 radical (unpaired) electrons. The lowest BCUT2D eigenvalue weighted by Gasteiger charge is -2.62. The van der Waals surface area contributed by atoms with Gasteiger partial charge in [-0.1, -0.05) is 6.07 Å². The van der Waals surface area contributed by atoms with Crippen molar-refractivity contribution in [3.8, 4) is 11.5 Å². The molecule has 6 nitrogen and oxygen atoms in total. The fourth-order valence-electron chi connectivity index (χ4n) is 5.83. The molecule has 1 saturated carbocycles. The second kappa shape index (κ2) is 4.43. The van der Waals surface area contributed by atoms with Crippen LogP contribution >= 0.6 is 0 Å². The van der Waals surface area contributed by atoms with Crippen LogP contribution in [0.5, 0.6) is 11.5 Å². The van der Waals surface area contributed by atoms with E-state index in [1.807, 2.05) is 6.07 Å². The number of hydrogen-bond acceptors (Lipinski definition) is 6. The van der Waals surface area contributed by atoms with Gasteiger partial charge in [0.05, 0.1) is 23.8 Å². The van der Waals surface area contributed by atoms with Crippen LogP contribution in [0.15, 0.2) is 17.2 Å². The lowest BCUT2D eigenvalue weighted by molar-refractivity contribution is -0.160. The third kappa shape index (κ3) is 1.35. The van der Waals surface area contributed by atoms with Crippen LogP contribution in [0.4, 0.5) is 0 Å². The van der Waals surface area contributed by atoms with Gasteiger partial charge in [0, 0.05) is 11.6 Å². The molecule has 2 heterocycles. The van der Waals surface area contributed by atoms with Gasteiger partial charge in [0.25, 0.3) is 0 Å². The molecule has 1 saturated heterocycles. The van der Waals surface area contributed by atoms with Crippen molar-refractivity contribution in [3.63, 3.8) is 0 Å². The van der Waals surface area contributed by atoms with Crippen LogP contribution in [0.25, 0.3) is 0 Å². The number of benzene rings is 1. The maximum absolute atomic E-state index is 11.9. The molecule has 4 atom stereocenters. The van der Waals surface area contributed by atoms with Crippen molar-refractivity contribution < 1.29 is 14.6 Å². The molecule has 5 rings (SSSR count). The maximum Gasteiger partial charge on any atom is 0.166 e. The molecule has 24 heavy (non-hydrogen) atoms. The van der Waals surface area contributed by atoms with E-state index in [1.165, 1.54) is 5.56 Å². The van der Waals surface area contributed by atoms with Crippen molar-refractivity contribution in [2.24, 2.45) is 10.9 Å². The van der Waals surface area contributed by atoms with E-state index in [0.29, 0.717) is 12.8 Å². The number of nitrogens with two attached hydrogens (primary N) is 1. The number of methoxy groups -OCH3 is 1. The highest BCUT2D eigenvalue weighted by Crippen LogP contribution is 2.64. The minimum atomic E-state index is -0.816.